The Morgan fingerprint density at radius 3 is 0.500 bits per heavy atom. The normalized spacial score (nSPS) is 0. The maximum Gasteiger partial charge on any atom is 3.00 e. The zero-order chi connectivity index (χ0) is 0. The summed E-state index contributed by atoms with van der Waals surface area (Å²) in [5, 5.41) is 0. The van der Waals surface area contributed by atoms with Crippen molar-refractivity contribution >= 4 is 0 Å². The Morgan fingerprint density at radius 1 is 0.500 bits per heavy atom. The summed E-state index contributed by atoms with van der Waals surface area (Å²) < 4.78 is 0. The molecule has 0 bridgehead atoms. The van der Waals surface area contributed by atoms with Crippen molar-refractivity contribution in [1.29, 1.82) is 0 Å². The molecule has 0 atom stereocenters. The molecule has 0 aliphatic rings. The second-order valence-electron chi connectivity index (χ2n) is 0. The smallest absolute Gasteiger partial charge is 0.358 e. The van der Waals surface area contributed by atoms with Crippen molar-refractivity contribution in [1.82, 2.24) is 0 Å². The van der Waals surface area contributed by atoms with Gasteiger partial charge in [-0.05, 0) is 0 Å². The quantitative estimate of drug-likeness (QED) is 0.438. The molecule has 0 aliphatic carbocycles. The third-order valence-electron chi connectivity index (χ3n) is 0. The Labute approximate surface area is 54.9 Å². The summed E-state index contributed by atoms with van der Waals surface area (Å²) in [5.74, 6) is 0. The fourth-order valence-corrected chi connectivity index (χ4v) is 0. The van der Waals surface area contributed by atoms with Crippen molar-refractivity contribution < 1.29 is 32.7 Å². The van der Waals surface area contributed by atoms with Crippen LogP contribution in [0.25, 0.3) is 0 Å². The van der Waals surface area contributed by atoms with Gasteiger partial charge in [0.2, 0.25) is 0 Å². The average Bonchev–Trinajstić information content (AvgIpc) is 0. The summed E-state index contributed by atoms with van der Waals surface area (Å²) in [5.41, 5.74) is 0. The second kappa shape index (κ2) is 32.4. The van der Waals surface area contributed by atoms with E-state index in [-0.39, 0.29) is 55.0 Å². The molecule has 0 fully saturated rings. The Hall–Kier alpha value is 1.10. The van der Waals surface area contributed by atoms with Crippen LogP contribution in [0.3, 0.4) is 0 Å². The van der Waals surface area contributed by atoms with E-state index < -0.39 is 0 Å². The van der Waals surface area contributed by atoms with Gasteiger partial charge >= 0.3 is 32.7 Å². The predicted molar refractivity (Wildman–Crippen MR) is 19.2 cm³/mol. The van der Waals surface area contributed by atoms with Crippen molar-refractivity contribution in [3.8, 4) is 0 Å². The Balaban J connectivity index is 0. The standard InChI is InChI=1S/3CH3.Y/h3*1H3;/q3*-1;+3. The van der Waals surface area contributed by atoms with Gasteiger partial charge < -0.3 is 22.3 Å². The third kappa shape index (κ3) is 11.3. The van der Waals surface area contributed by atoms with Gasteiger partial charge in [-0.1, -0.05) is 0 Å². The van der Waals surface area contributed by atoms with Crippen molar-refractivity contribution in [3.63, 3.8) is 0 Å². The molecule has 0 radical (unpaired) electrons. The molecule has 1 heteroatoms. The van der Waals surface area contributed by atoms with Gasteiger partial charge in [0.15, 0.2) is 0 Å². The number of hydrogen-bond acceptors (Lipinski definition) is 0. The fourth-order valence-electron chi connectivity index (χ4n) is 0. The maximum atomic E-state index is 0. The Bertz CT molecular complexity index is 3.25. The molecular weight excluding hydrogens is 125 g/mol. The second-order valence-corrected chi connectivity index (χ2v) is 0. The van der Waals surface area contributed by atoms with Crippen molar-refractivity contribution in [2.24, 2.45) is 0 Å². The molecule has 0 heterocycles. The summed E-state index contributed by atoms with van der Waals surface area (Å²) in [4.78, 5) is 0. The van der Waals surface area contributed by atoms with Crippen LogP contribution in [0.5, 0.6) is 0 Å². The molecule has 24 valence electrons. The van der Waals surface area contributed by atoms with Crippen LogP contribution in [0.2, 0.25) is 0 Å². The predicted octanol–water partition coefficient (Wildman–Crippen LogP) is 1.35. The average molecular weight is 134 g/mol. The van der Waals surface area contributed by atoms with E-state index in [4.69, 9.17) is 0 Å². The van der Waals surface area contributed by atoms with Crippen LogP contribution in [0, 0.1) is 22.3 Å². The summed E-state index contributed by atoms with van der Waals surface area (Å²) >= 11 is 0. The molecule has 0 unspecified atom stereocenters. The Kier molecular flexibility index (Phi) is 572. The SMILES string of the molecule is [CH3-].[CH3-].[CH3-].[Y+3]. The third-order valence-corrected chi connectivity index (χ3v) is 0. The first-order valence-electron chi connectivity index (χ1n) is 0. The summed E-state index contributed by atoms with van der Waals surface area (Å²) in [6.45, 7) is 0. The first-order valence-corrected chi connectivity index (χ1v) is 0. The molecule has 0 nitrogen and oxygen atoms in total. The molecule has 0 saturated heterocycles. The minimum atomic E-state index is 0. The van der Waals surface area contributed by atoms with Crippen LogP contribution in [0.4, 0.5) is 0 Å². The number of hydrogen-bond donors (Lipinski definition) is 0. The van der Waals surface area contributed by atoms with Gasteiger partial charge in [0, 0.05) is 0 Å². The molecule has 0 saturated carbocycles. The molecule has 0 aromatic heterocycles. The maximum absolute atomic E-state index is 0. The van der Waals surface area contributed by atoms with E-state index in [2.05, 4.69) is 0 Å². The van der Waals surface area contributed by atoms with E-state index in [1.54, 1.807) is 0 Å². The fraction of sp³-hybridized carbons (Fsp3) is 0. The van der Waals surface area contributed by atoms with E-state index in [1.165, 1.54) is 0 Å². The topological polar surface area (TPSA) is 0 Å². The zero-order valence-corrected chi connectivity index (χ0v) is 6.42. The zero-order valence-electron chi connectivity index (χ0n) is 3.58. The van der Waals surface area contributed by atoms with E-state index in [1.807, 2.05) is 0 Å². The Morgan fingerprint density at radius 2 is 0.500 bits per heavy atom. The first kappa shape index (κ1) is 70.5. The monoisotopic (exact) mass is 134 g/mol. The van der Waals surface area contributed by atoms with Gasteiger partial charge in [-0.15, -0.1) is 0 Å². The minimum Gasteiger partial charge on any atom is -0.358 e. The van der Waals surface area contributed by atoms with Crippen LogP contribution < -0.4 is 0 Å². The van der Waals surface area contributed by atoms with E-state index in [0.717, 1.165) is 0 Å². The van der Waals surface area contributed by atoms with E-state index in [0.29, 0.717) is 0 Å². The van der Waals surface area contributed by atoms with Crippen LogP contribution in [-0.2, 0) is 32.7 Å². The van der Waals surface area contributed by atoms with Gasteiger partial charge in [0.25, 0.3) is 0 Å². The molecule has 4 heavy (non-hydrogen) atoms. The summed E-state index contributed by atoms with van der Waals surface area (Å²) in [7, 11) is 0. The molecular formula is C3H9Y. The van der Waals surface area contributed by atoms with Crippen molar-refractivity contribution in [2.45, 2.75) is 0 Å². The van der Waals surface area contributed by atoms with Crippen LogP contribution in [0.1, 0.15) is 0 Å². The molecule has 0 aromatic rings. The summed E-state index contributed by atoms with van der Waals surface area (Å²) in [6, 6.07) is 0. The van der Waals surface area contributed by atoms with Crippen LogP contribution in [0.15, 0.2) is 0 Å². The van der Waals surface area contributed by atoms with Crippen LogP contribution >= 0.6 is 0 Å². The molecule has 0 aromatic carbocycles. The largest absolute Gasteiger partial charge is 3.00 e. The van der Waals surface area contributed by atoms with Gasteiger partial charge in [-0.3, -0.25) is 0 Å². The first-order chi connectivity index (χ1) is 0. The molecule has 0 N–H and O–H groups in total. The molecule has 0 aliphatic heterocycles. The van der Waals surface area contributed by atoms with Gasteiger partial charge in [0.05, 0.1) is 0 Å². The summed E-state index contributed by atoms with van der Waals surface area (Å²) in [6.07, 6.45) is 0. The number of rotatable bonds is 0. The van der Waals surface area contributed by atoms with Crippen LogP contribution in [-0.4, -0.2) is 0 Å². The molecule has 0 rings (SSSR count). The minimum absolute atomic E-state index is 0. The van der Waals surface area contributed by atoms with Gasteiger partial charge in [-0.2, -0.15) is 0 Å². The van der Waals surface area contributed by atoms with E-state index in [9.17, 15) is 0 Å². The van der Waals surface area contributed by atoms with Crippen molar-refractivity contribution in [3.05, 3.63) is 22.3 Å². The van der Waals surface area contributed by atoms with Gasteiger partial charge in [-0.25, -0.2) is 0 Å². The van der Waals surface area contributed by atoms with Gasteiger partial charge in [0.1, 0.15) is 0 Å². The van der Waals surface area contributed by atoms with E-state index >= 15 is 0 Å². The molecule has 0 spiro atoms. The van der Waals surface area contributed by atoms with Crippen molar-refractivity contribution in [2.75, 3.05) is 0 Å². The molecule has 0 amide bonds.